The SMILES string of the molecule is CC(O)CN1CCC(CN(C)C(=O)C2CC23CCNCC3)CC1. The summed E-state index contributed by atoms with van der Waals surface area (Å²) < 4.78 is 0. The Morgan fingerprint density at radius 2 is 2.00 bits per heavy atom. The van der Waals surface area contributed by atoms with Crippen LogP contribution in [0.5, 0.6) is 0 Å². The number of aliphatic hydroxyl groups excluding tert-OH is 1. The Balaban J connectivity index is 1.41. The van der Waals surface area contributed by atoms with Crippen LogP contribution in [0.4, 0.5) is 0 Å². The Morgan fingerprint density at radius 3 is 2.61 bits per heavy atom. The summed E-state index contributed by atoms with van der Waals surface area (Å²) in [6.07, 6.45) is 5.51. The molecule has 1 spiro atoms. The number of nitrogens with one attached hydrogen (secondary N) is 1. The molecule has 1 amide bonds. The van der Waals surface area contributed by atoms with Gasteiger partial charge in [0, 0.05) is 26.1 Å². The molecule has 1 saturated carbocycles. The Hall–Kier alpha value is -0.650. The first-order chi connectivity index (χ1) is 11.0. The molecule has 23 heavy (non-hydrogen) atoms. The van der Waals surface area contributed by atoms with E-state index < -0.39 is 0 Å². The summed E-state index contributed by atoms with van der Waals surface area (Å²) in [5, 5.41) is 12.9. The number of hydrogen-bond donors (Lipinski definition) is 2. The van der Waals surface area contributed by atoms with E-state index in [9.17, 15) is 9.90 Å². The first kappa shape index (κ1) is 17.2. The number of rotatable bonds is 5. The predicted octanol–water partition coefficient (Wildman–Crippen LogP) is 0.927. The molecule has 3 aliphatic rings. The quantitative estimate of drug-likeness (QED) is 0.790. The van der Waals surface area contributed by atoms with Gasteiger partial charge in [-0.05, 0) is 76.5 Å². The van der Waals surface area contributed by atoms with Gasteiger partial charge >= 0.3 is 0 Å². The molecule has 0 aromatic heterocycles. The molecular weight excluding hydrogens is 290 g/mol. The van der Waals surface area contributed by atoms with Gasteiger partial charge in [0.1, 0.15) is 0 Å². The second-order valence-electron chi connectivity index (χ2n) is 8.18. The summed E-state index contributed by atoms with van der Waals surface area (Å²) in [5.41, 5.74) is 0.344. The summed E-state index contributed by atoms with van der Waals surface area (Å²) in [7, 11) is 2.00. The third-order valence-corrected chi connectivity index (χ3v) is 6.23. The molecule has 0 aromatic carbocycles. The van der Waals surface area contributed by atoms with Gasteiger partial charge in [0.2, 0.25) is 5.91 Å². The highest BCUT2D eigenvalue weighted by Gasteiger charge is 2.58. The lowest BCUT2D eigenvalue weighted by atomic mass is 9.91. The van der Waals surface area contributed by atoms with Crippen molar-refractivity contribution in [3.05, 3.63) is 0 Å². The van der Waals surface area contributed by atoms with E-state index in [-0.39, 0.29) is 6.10 Å². The fraction of sp³-hybridized carbons (Fsp3) is 0.944. The maximum absolute atomic E-state index is 12.7. The number of piperidine rings is 2. The molecule has 5 heteroatoms. The smallest absolute Gasteiger partial charge is 0.226 e. The Labute approximate surface area is 140 Å². The van der Waals surface area contributed by atoms with Gasteiger partial charge in [-0.25, -0.2) is 0 Å². The van der Waals surface area contributed by atoms with Crippen LogP contribution in [0.1, 0.15) is 39.0 Å². The molecule has 0 bridgehead atoms. The van der Waals surface area contributed by atoms with Crippen LogP contribution in [0, 0.1) is 17.3 Å². The molecule has 0 aromatic rings. The van der Waals surface area contributed by atoms with Crippen LogP contribution in [0.25, 0.3) is 0 Å². The lowest BCUT2D eigenvalue weighted by Crippen LogP contribution is -2.42. The zero-order valence-corrected chi connectivity index (χ0v) is 14.8. The van der Waals surface area contributed by atoms with Crippen LogP contribution in [0.15, 0.2) is 0 Å². The summed E-state index contributed by atoms with van der Waals surface area (Å²) in [5.74, 6) is 1.31. The second-order valence-corrected chi connectivity index (χ2v) is 8.18. The summed E-state index contributed by atoms with van der Waals surface area (Å²) >= 11 is 0. The van der Waals surface area contributed by atoms with E-state index in [1.165, 1.54) is 12.8 Å². The van der Waals surface area contributed by atoms with Gasteiger partial charge in [0.05, 0.1) is 6.10 Å². The van der Waals surface area contributed by atoms with E-state index in [1.54, 1.807) is 0 Å². The molecule has 132 valence electrons. The monoisotopic (exact) mass is 323 g/mol. The number of carbonyl (C=O) groups excluding carboxylic acids is 1. The van der Waals surface area contributed by atoms with E-state index in [0.717, 1.165) is 58.5 Å². The number of amides is 1. The summed E-state index contributed by atoms with van der Waals surface area (Å²) in [4.78, 5) is 17.1. The highest BCUT2D eigenvalue weighted by molar-refractivity contribution is 5.82. The normalized spacial score (nSPS) is 29.4. The highest BCUT2D eigenvalue weighted by atomic mass is 16.3. The van der Waals surface area contributed by atoms with Crippen molar-refractivity contribution in [2.45, 2.75) is 45.1 Å². The first-order valence-electron chi connectivity index (χ1n) is 9.36. The van der Waals surface area contributed by atoms with Gasteiger partial charge in [0.25, 0.3) is 0 Å². The van der Waals surface area contributed by atoms with Crippen molar-refractivity contribution >= 4 is 5.91 Å². The zero-order chi connectivity index (χ0) is 16.4. The molecule has 3 fully saturated rings. The van der Waals surface area contributed by atoms with E-state index in [4.69, 9.17) is 0 Å². The van der Waals surface area contributed by atoms with Crippen LogP contribution >= 0.6 is 0 Å². The molecule has 2 N–H and O–H groups in total. The van der Waals surface area contributed by atoms with Crippen LogP contribution in [-0.2, 0) is 4.79 Å². The topological polar surface area (TPSA) is 55.8 Å². The minimum absolute atomic E-state index is 0.244. The van der Waals surface area contributed by atoms with E-state index in [1.807, 2.05) is 18.9 Å². The molecule has 2 atom stereocenters. The van der Waals surface area contributed by atoms with Gasteiger partial charge in [-0.2, -0.15) is 0 Å². The van der Waals surface area contributed by atoms with Crippen molar-refractivity contribution in [3.8, 4) is 0 Å². The minimum atomic E-state index is -0.244. The van der Waals surface area contributed by atoms with Crippen LogP contribution in [0.2, 0.25) is 0 Å². The van der Waals surface area contributed by atoms with Crippen molar-refractivity contribution in [3.63, 3.8) is 0 Å². The Kier molecular flexibility index (Phi) is 5.29. The highest BCUT2D eigenvalue weighted by Crippen LogP contribution is 2.59. The number of aliphatic hydroxyl groups is 1. The predicted molar refractivity (Wildman–Crippen MR) is 91.1 cm³/mol. The zero-order valence-electron chi connectivity index (χ0n) is 14.8. The number of likely N-dealkylation sites (tertiary alicyclic amines) is 1. The minimum Gasteiger partial charge on any atom is -0.392 e. The molecular formula is C18H33N3O2. The van der Waals surface area contributed by atoms with E-state index in [2.05, 4.69) is 10.2 Å². The fourth-order valence-corrected chi connectivity index (χ4v) is 4.64. The second kappa shape index (κ2) is 7.08. The largest absolute Gasteiger partial charge is 0.392 e. The van der Waals surface area contributed by atoms with E-state index >= 15 is 0 Å². The first-order valence-corrected chi connectivity index (χ1v) is 9.36. The van der Waals surface area contributed by atoms with Gasteiger partial charge < -0.3 is 20.2 Å². The lowest BCUT2D eigenvalue weighted by Gasteiger charge is -2.34. The van der Waals surface area contributed by atoms with Crippen LogP contribution in [0.3, 0.4) is 0 Å². The van der Waals surface area contributed by atoms with Crippen molar-refractivity contribution in [2.24, 2.45) is 17.3 Å². The average Bonchev–Trinajstić information content (AvgIpc) is 3.21. The van der Waals surface area contributed by atoms with Crippen LogP contribution < -0.4 is 5.32 Å². The molecule has 1 aliphatic carbocycles. The number of carbonyl (C=O) groups is 1. The Morgan fingerprint density at radius 1 is 1.35 bits per heavy atom. The standard InChI is InChI=1S/C18H33N3O2/c1-14(22)12-21-9-3-15(4-10-21)13-20(2)17(23)16-11-18(16)5-7-19-8-6-18/h14-16,19,22H,3-13H2,1-2H3. The number of β-amino-alcohol motifs (C(OH)–C–C–N with tert-alkyl or cyclic N) is 1. The third kappa shape index (κ3) is 4.06. The van der Waals surface area contributed by atoms with Crippen molar-refractivity contribution in [2.75, 3.05) is 46.3 Å². The van der Waals surface area contributed by atoms with Gasteiger partial charge in [-0.1, -0.05) is 0 Å². The third-order valence-electron chi connectivity index (χ3n) is 6.23. The molecule has 2 heterocycles. The molecule has 0 radical (unpaired) electrons. The van der Waals surface area contributed by atoms with Crippen molar-refractivity contribution in [1.82, 2.24) is 15.1 Å². The average molecular weight is 323 g/mol. The summed E-state index contributed by atoms with van der Waals surface area (Å²) in [6, 6.07) is 0. The van der Waals surface area contributed by atoms with Crippen molar-refractivity contribution < 1.29 is 9.90 Å². The van der Waals surface area contributed by atoms with Gasteiger partial charge in [-0.3, -0.25) is 4.79 Å². The summed E-state index contributed by atoms with van der Waals surface area (Å²) in [6.45, 7) is 7.80. The molecule has 2 unspecified atom stereocenters. The fourth-order valence-electron chi connectivity index (χ4n) is 4.64. The van der Waals surface area contributed by atoms with Gasteiger partial charge in [-0.15, -0.1) is 0 Å². The molecule has 5 nitrogen and oxygen atoms in total. The Bertz CT molecular complexity index is 412. The van der Waals surface area contributed by atoms with Crippen LogP contribution in [-0.4, -0.2) is 73.2 Å². The van der Waals surface area contributed by atoms with E-state index in [0.29, 0.717) is 23.2 Å². The maximum Gasteiger partial charge on any atom is 0.226 e. The lowest BCUT2D eigenvalue weighted by molar-refractivity contribution is -0.133. The molecule has 2 saturated heterocycles. The molecule has 3 rings (SSSR count). The van der Waals surface area contributed by atoms with Crippen molar-refractivity contribution in [1.29, 1.82) is 0 Å². The molecule has 2 aliphatic heterocycles. The maximum atomic E-state index is 12.7. The van der Waals surface area contributed by atoms with Gasteiger partial charge in [0.15, 0.2) is 0 Å². The number of nitrogens with zero attached hydrogens (tertiary/aromatic N) is 2. The number of hydrogen-bond acceptors (Lipinski definition) is 4.